The molecule has 0 amide bonds. The zero-order chi connectivity index (χ0) is 19.1. The summed E-state index contributed by atoms with van der Waals surface area (Å²) in [6.07, 6.45) is 0.774. The molecule has 3 aromatic rings. The highest BCUT2D eigenvalue weighted by Crippen LogP contribution is 2.35. The predicted molar refractivity (Wildman–Crippen MR) is 94.8 cm³/mol. The number of rotatable bonds is 2. The van der Waals surface area contributed by atoms with Crippen LogP contribution >= 0.6 is 0 Å². The molecule has 0 fully saturated rings. The van der Waals surface area contributed by atoms with Crippen LogP contribution in [-0.4, -0.2) is 21.4 Å². The van der Waals surface area contributed by atoms with Gasteiger partial charge in [-0.1, -0.05) is 12.1 Å². The molecular weight excluding hydrogens is 340 g/mol. The molecule has 6 heteroatoms. The molecular formula is C20H19F2NO3. The van der Waals surface area contributed by atoms with Crippen LogP contribution in [0.25, 0.3) is 22.0 Å². The first-order valence-corrected chi connectivity index (χ1v) is 8.14. The molecule has 2 aromatic carbocycles. The van der Waals surface area contributed by atoms with Crippen LogP contribution in [0.5, 0.6) is 0 Å². The van der Waals surface area contributed by atoms with E-state index in [0.717, 1.165) is 18.2 Å². The molecule has 0 atom stereocenters. The number of carbonyl (C=O) groups excluding carboxylic acids is 1. The van der Waals surface area contributed by atoms with E-state index in [2.05, 4.69) is 0 Å². The van der Waals surface area contributed by atoms with E-state index in [1.165, 1.54) is 10.8 Å². The maximum atomic E-state index is 14.3. The lowest BCUT2D eigenvalue weighted by molar-refractivity contribution is 0.0544. The summed E-state index contributed by atoms with van der Waals surface area (Å²) in [5.74, 6) is -1.22. The van der Waals surface area contributed by atoms with Gasteiger partial charge < -0.3 is 9.84 Å². The number of nitrogens with zero attached hydrogens (tertiary/aromatic N) is 1. The van der Waals surface area contributed by atoms with Crippen molar-refractivity contribution < 1.29 is 23.4 Å². The van der Waals surface area contributed by atoms with Crippen molar-refractivity contribution in [2.45, 2.75) is 33.0 Å². The molecule has 0 radical (unpaired) electrons. The standard InChI is InChI=1S/C20H19F2NO3/c1-20(2,3)26-19(25)23-10-15(14-9-13(21)7-8-16(14)22)18-12(11-24)5-4-6-17(18)23/h4-10,24H,11H2,1-3H3. The van der Waals surface area contributed by atoms with Crippen molar-refractivity contribution in [2.24, 2.45) is 0 Å². The average molecular weight is 359 g/mol. The maximum absolute atomic E-state index is 14.3. The number of halogens is 2. The van der Waals surface area contributed by atoms with Crippen LogP contribution in [0.15, 0.2) is 42.6 Å². The highest BCUT2D eigenvalue weighted by molar-refractivity contribution is 6.02. The van der Waals surface area contributed by atoms with Gasteiger partial charge in [-0.25, -0.2) is 13.6 Å². The lowest BCUT2D eigenvalue weighted by atomic mass is 10.0. The molecule has 4 nitrogen and oxygen atoms in total. The van der Waals surface area contributed by atoms with E-state index in [9.17, 15) is 18.7 Å². The Hall–Kier alpha value is -2.73. The largest absolute Gasteiger partial charge is 0.443 e. The fourth-order valence-electron chi connectivity index (χ4n) is 2.86. The first-order valence-electron chi connectivity index (χ1n) is 8.14. The normalized spacial score (nSPS) is 11.8. The molecule has 1 heterocycles. The quantitative estimate of drug-likeness (QED) is 0.711. The highest BCUT2D eigenvalue weighted by atomic mass is 19.1. The van der Waals surface area contributed by atoms with E-state index in [1.807, 2.05) is 0 Å². The van der Waals surface area contributed by atoms with E-state index in [-0.39, 0.29) is 12.2 Å². The van der Waals surface area contributed by atoms with Crippen molar-refractivity contribution in [3.05, 3.63) is 59.8 Å². The molecule has 0 spiro atoms. The molecule has 0 aliphatic rings. The van der Waals surface area contributed by atoms with E-state index in [4.69, 9.17) is 4.74 Å². The topological polar surface area (TPSA) is 51.5 Å². The number of hydrogen-bond acceptors (Lipinski definition) is 3. The maximum Gasteiger partial charge on any atom is 0.419 e. The third kappa shape index (κ3) is 3.32. The Morgan fingerprint density at radius 3 is 2.54 bits per heavy atom. The van der Waals surface area contributed by atoms with Gasteiger partial charge in [-0.15, -0.1) is 0 Å². The predicted octanol–water partition coefficient (Wildman–Crippen LogP) is 4.86. The fourth-order valence-corrected chi connectivity index (χ4v) is 2.86. The number of aliphatic hydroxyl groups excluding tert-OH is 1. The Balaban J connectivity index is 2.30. The third-order valence-electron chi connectivity index (χ3n) is 3.89. The monoisotopic (exact) mass is 359 g/mol. The second-order valence-electron chi connectivity index (χ2n) is 6.99. The van der Waals surface area contributed by atoms with Crippen molar-refractivity contribution in [2.75, 3.05) is 0 Å². The zero-order valence-electron chi connectivity index (χ0n) is 14.7. The van der Waals surface area contributed by atoms with Gasteiger partial charge in [-0.3, -0.25) is 4.57 Å². The van der Waals surface area contributed by atoms with Gasteiger partial charge >= 0.3 is 6.09 Å². The van der Waals surface area contributed by atoms with Crippen molar-refractivity contribution in [1.82, 2.24) is 4.57 Å². The first kappa shape index (κ1) is 18.1. The molecule has 3 rings (SSSR count). The summed E-state index contributed by atoms with van der Waals surface area (Å²) < 4.78 is 34.7. The van der Waals surface area contributed by atoms with Crippen LogP contribution in [0.3, 0.4) is 0 Å². The molecule has 0 bridgehead atoms. The smallest absolute Gasteiger partial charge is 0.419 e. The molecule has 1 N–H and O–H groups in total. The van der Waals surface area contributed by atoms with Gasteiger partial charge in [0.1, 0.15) is 17.2 Å². The van der Waals surface area contributed by atoms with Gasteiger partial charge in [0.15, 0.2) is 0 Å². The Kier molecular flexibility index (Phi) is 4.54. The number of hydrogen-bond donors (Lipinski definition) is 1. The van der Waals surface area contributed by atoms with Crippen LogP contribution < -0.4 is 0 Å². The lowest BCUT2D eigenvalue weighted by Gasteiger charge is -2.19. The van der Waals surface area contributed by atoms with Crippen molar-refractivity contribution in [3.63, 3.8) is 0 Å². The van der Waals surface area contributed by atoms with E-state index >= 15 is 0 Å². The minimum Gasteiger partial charge on any atom is -0.443 e. The first-order chi connectivity index (χ1) is 12.2. The summed E-state index contributed by atoms with van der Waals surface area (Å²) in [4.78, 5) is 12.6. The van der Waals surface area contributed by atoms with Crippen LogP contribution in [0, 0.1) is 11.6 Å². The number of benzene rings is 2. The minimum absolute atomic E-state index is 0.0122. The van der Waals surface area contributed by atoms with Crippen LogP contribution in [0.1, 0.15) is 26.3 Å². The van der Waals surface area contributed by atoms with Gasteiger partial charge in [0, 0.05) is 22.7 Å². The number of carbonyl (C=O) groups is 1. The van der Waals surface area contributed by atoms with Crippen molar-refractivity contribution in [3.8, 4) is 11.1 Å². The fraction of sp³-hybridized carbons (Fsp3) is 0.250. The van der Waals surface area contributed by atoms with Crippen molar-refractivity contribution >= 4 is 17.0 Å². The van der Waals surface area contributed by atoms with Gasteiger partial charge in [-0.05, 0) is 50.6 Å². The molecule has 1 aromatic heterocycles. The second kappa shape index (κ2) is 6.53. The van der Waals surface area contributed by atoms with E-state index in [0.29, 0.717) is 22.0 Å². The number of fused-ring (bicyclic) bond motifs is 1. The summed E-state index contributed by atoms with van der Waals surface area (Å²) in [5, 5.41) is 10.1. The lowest BCUT2D eigenvalue weighted by Crippen LogP contribution is -2.26. The van der Waals surface area contributed by atoms with E-state index < -0.39 is 23.3 Å². The SMILES string of the molecule is CC(C)(C)OC(=O)n1cc(-c2cc(F)ccc2F)c2c(CO)cccc21. The Morgan fingerprint density at radius 2 is 1.88 bits per heavy atom. The van der Waals surface area contributed by atoms with Gasteiger partial charge in [0.05, 0.1) is 12.1 Å². The summed E-state index contributed by atoms with van der Waals surface area (Å²) in [6.45, 7) is 4.91. The molecule has 0 saturated heterocycles. The number of aromatic nitrogens is 1. The Labute approximate surface area is 149 Å². The summed E-state index contributed by atoms with van der Waals surface area (Å²) in [7, 11) is 0. The summed E-state index contributed by atoms with van der Waals surface area (Å²) in [6, 6.07) is 8.14. The molecule has 0 unspecified atom stereocenters. The van der Waals surface area contributed by atoms with E-state index in [1.54, 1.807) is 39.0 Å². The Morgan fingerprint density at radius 1 is 1.15 bits per heavy atom. The molecule has 0 aliphatic heterocycles. The van der Waals surface area contributed by atoms with Crippen LogP contribution in [-0.2, 0) is 11.3 Å². The van der Waals surface area contributed by atoms with Gasteiger partial charge in [0.25, 0.3) is 0 Å². The third-order valence-corrected chi connectivity index (χ3v) is 3.89. The molecule has 26 heavy (non-hydrogen) atoms. The number of ether oxygens (including phenoxy) is 1. The number of aliphatic hydroxyl groups is 1. The minimum atomic E-state index is -0.716. The van der Waals surface area contributed by atoms with Crippen LogP contribution in [0.4, 0.5) is 13.6 Å². The molecule has 136 valence electrons. The summed E-state index contributed by atoms with van der Waals surface area (Å²) >= 11 is 0. The van der Waals surface area contributed by atoms with Crippen LogP contribution in [0.2, 0.25) is 0 Å². The second-order valence-corrected chi connectivity index (χ2v) is 6.99. The van der Waals surface area contributed by atoms with Crippen molar-refractivity contribution in [1.29, 1.82) is 0 Å². The average Bonchev–Trinajstić information content (AvgIpc) is 2.95. The Bertz CT molecular complexity index is 987. The van der Waals surface area contributed by atoms with Gasteiger partial charge in [0.2, 0.25) is 0 Å². The molecule has 0 saturated carbocycles. The highest BCUT2D eigenvalue weighted by Gasteiger charge is 2.23. The zero-order valence-corrected chi connectivity index (χ0v) is 14.7. The van der Waals surface area contributed by atoms with Gasteiger partial charge in [-0.2, -0.15) is 0 Å². The summed E-state index contributed by atoms with van der Waals surface area (Å²) in [5.41, 5.74) is 0.561. The molecule has 0 aliphatic carbocycles.